The number of anilines is 1. The van der Waals surface area contributed by atoms with E-state index in [1.807, 2.05) is 19.9 Å². The first-order chi connectivity index (χ1) is 12.5. The topological polar surface area (TPSA) is 99.3 Å². The van der Waals surface area contributed by atoms with Gasteiger partial charge in [-0.15, -0.1) is 0 Å². The molecule has 3 rings (SSSR count). The number of fused-ring (bicyclic) bond motifs is 1. The van der Waals surface area contributed by atoms with Crippen molar-refractivity contribution in [1.29, 1.82) is 5.26 Å². The molecule has 0 bridgehead atoms. The third-order valence-electron chi connectivity index (χ3n) is 3.68. The normalized spacial score (nSPS) is 10.5. The third-order valence-corrected chi connectivity index (χ3v) is 3.68. The molecule has 26 heavy (non-hydrogen) atoms. The molecule has 0 saturated heterocycles. The van der Waals surface area contributed by atoms with E-state index >= 15 is 0 Å². The quantitative estimate of drug-likeness (QED) is 0.758. The van der Waals surface area contributed by atoms with Crippen LogP contribution in [0.1, 0.15) is 40.5 Å². The predicted molar refractivity (Wildman–Crippen MR) is 96.9 cm³/mol. The van der Waals surface area contributed by atoms with Crippen LogP contribution in [0.15, 0.2) is 48.7 Å². The van der Waals surface area contributed by atoms with Crippen molar-refractivity contribution in [2.75, 3.05) is 5.32 Å². The van der Waals surface area contributed by atoms with E-state index in [2.05, 4.69) is 15.6 Å². The molecule has 0 unspecified atom stereocenters. The molecule has 2 aromatic heterocycles. The molecule has 2 heterocycles. The zero-order valence-corrected chi connectivity index (χ0v) is 14.4. The Bertz CT molecular complexity index is 1030. The van der Waals surface area contributed by atoms with Crippen LogP contribution in [0, 0.1) is 11.3 Å². The second-order valence-electron chi connectivity index (χ2n) is 5.98. The highest BCUT2D eigenvalue weighted by molar-refractivity contribution is 6.09. The highest BCUT2D eigenvalue weighted by atomic mass is 16.2. The third kappa shape index (κ3) is 3.26. The zero-order valence-electron chi connectivity index (χ0n) is 14.4. The van der Waals surface area contributed by atoms with Crippen molar-refractivity contribution >= 4 is 23.0 Å². The van der Waals surface area contributed by atoms with Crippen molar-refractivity contribution in [2.24, 2.45) is 0 Å². The summed E-state index contributed by atoms with van der Waals surface area (Å²) < 4.78 is 1.57. The summed E-state index contributed by atoms with van der Waals surface area (Å²) in [7, 11) is 0. The maximum absolute atomic E-state index is 12.7. The standard InChI is InChI=1S/C19H17N5O2/c1-12(2)21-19(26)17-23-16(15-9-5-6-10-24(15)17)18(25)22-14-8-4-3-7-13(14)11-20/h3-10,12H,1-2H3,(H,21,26)(H,22,25). The van der Waals surface area contributed by atoms with E-state index in [0.29, 0.717) is 16.8 Å². The van der Waals surface area contributed by atoms with Gasteiger partial charge in [-0.05, 0) is 38.1 Å². The van der Waals surface area contributed by atoms with Crippen molar-refractivity contribution in [3.63, 3.8) is 0 Å². The van der Waals surface area contributed by atoms with Crippen molar-refractivity contribution < 1.29 is 9.59 Å². The number of pyridine rings is 1. The van der Waals surface area contributed by atoms with Gasteiger partial charge in [0.15, 0.2) is 5.69 Å². The molecule has 0 aliphatic carbocycles. The average Bonchev–Trinajstić information content (AvgIpc) is 3.01. The smallest absolute Gasteiger partial charge is 0.287 e. The Hall–Kier alpha value is -3.66. The number of carbonyl (C=O) groups is 2. The number of rotatable bonds is 4. The first-order valence-corrected chi connectivity index (χ1v) is 8.09. The van der Waals surface area contributed by atoms with Gasteiger partial charge < -0.3 is 10.6 Å². The fourth-order valence-corrected chi connectivity index (χ4v) is 2.56. The minimum Gasteiger partial charge on any atom is -0.347 e. The largest absolute Gasteiger partial charge is 0.347 e. The minimum absolute atomic E-state index is 0.0571. The highest BCUT2D eigenvalue weighted by Crippen LogP contribution is 2.18. The molecule has 7 heteroatoms. The number of para-hydroxylation sites is 1. The van der Waals surface area contributed by atoms with E-state index in [4.69, 9.17) is 5.26 Å². The SMILES string of the molecule is CC(C)NC(=O)c1nc(C(=O)Nc2ccccc2C#N)c2ccccn12. The molecule has 0 saturated carbocycles. The molecule has 0 atom stereocenters. The van der Waals surface area contributed by atoms with Crippen LogP contribution in [0.25, 0.3) is 5.52 Å². The summed E-state index contributed by atoms with van der Waals surface area (Å²) in [5, 5.41) is 14.6. The van der Waals surface area contributed by atoms with Gasteiger partial charge in [-0.2, -0.15) is 5.26 Å². The molecular formula is C19H17N5O2. The van der Waals surface area contributed by atoms with Crippen LogP contribution >= 0.6 is 0 Å². The number of aromatic nitrogens is 2. The number of benzene rings is 1. The Morgan fingerprint density at radius 2 is 1.85 bits per heavy atom. The molecule has 0 aliphatic rings. The average molecular weight is 347 g/mol. The molecular weight excluding hydrogens is 330 g/mol. The molecule has 7 nitrogen and oxygen atoms in total. The van der Waals surface area contributed by atoms with Gasteiger partial charge in [-0.3, -0.25) is 14.0 Å². The van der Waals surface area contributed by atoms with Gasteiger partial charge in [0.1, 0.15) is 6.07 Å². The lowest BCUT2D eigenvalue weighted by Crippen LogP contribution is -2.31. The zero-order chi connectivity index (χ0) is 18.7. The summed E-state index contributed by atoms with van der Waals surface area (Å²) in [6.45, 7) is 3.69. The lowest BCUT2D eigenvalue weighted by atomic mass is 10.2. The number of imidazole rings is 1. The van der Waals surface area contributed by atoms with Crippen LogP contribution in [0.3, 0.4) is 0 Å². The molecule has 3 aromatic rings. The number of carbonyl (C=O) groups excluding carboxylic acids is 2. The van der Waals surface area contributed by atoms with E-state index in [0.717, 1.165) is 0 Å². The van der Waals surface area contributed by atoms with E-state index < -0.39 is 5.91 Å². The van der Waals surface area contributed by atoms with Crippen molar-refractivity contribution in [2.45, 2.75) is 19.9 Å². The molecule has 0 aliphatic heterocycles. The summed E-state index contributed by atoms with van der Waals surface area (Å²) in [6.07, 6.45) is 1.68. The molecule has 2 N–H and O–H groups in total. The Morgan fingerprint density at radius 3 is 2.58 bits per heavy atom. The molecule has 0 spiro atoms. The van der Waals surface area contributed by atoms with Crippen molar-refractivity contribution in [3.05, 3.63) is 65.7 Å². The number of nitrogens with one attached hydrogen (secondary N) is 2. The number of hydrogen-bond donors (Lipinski definition) is 2. The maximum atomic E-state index is 12.7. The van der Waals surface area contributed by atoms with Crippen LogP contribution in [0.4, 0.5) is 5.69 Å². The van der Waals surface area contributed by atoms with E-state index in [1.54, 1.807) is 53.1 Å². The minimum atomic E-state index is -0.486. The molecule has 0 radical (unpaired) electrons. The predicted octanol–water partition coefficient (Wildman–Crippen LogP) is 2.60. The van der Waals surface area contributed by atoms with Crippen LogP contribution in [0.2, 0.25) is 0 Å². The van der Waals surface area contributed by atoms with Crippen LogP contribution in [-0.4, -0.2) is 27.2 Å². The van der Waals surface area contributed by atoms with Crippen molar-refractivity contribution in [3.8, 4) is 6.07 Å². The van der Waals surface area contributed by atoms with Crippen LogP contribution < -0.4 is 10.6 Å². The summed E-state index contributed by atoms with van der Waals surface area (Å²) in [5.74, 6) is -0.717. The summed E-state index contributed by atoms with van der Waals surface area (Å²) in [6, 6.07) is 13.9. The van der Waals surface area contributed by atoms with Gasteiger partial charge in [0.2, 0.25) is 5.82 Å². The number of nitriles is 1. The molecule has 0 fully saturated rings. The summed E-state index contributed by atoms with van der Waals surface area (Å²) in [5.41, 5.74) is 1.37. The van der Waals surface area contributed by atoms with Crippen LogP contribution in [-0.2, 0) is 0 Å². The number of amides is 2. The van der Waals surface area contributed by atoms with E-state index in [-0.39, 0.29) is 23.5 Å². The Morgan fingerprint density at radius 1 is 1.12 bits per heavy atom. The Balaban J connectivity index is 2.01. The van der Waals surface area contributed by atoms with Gasteiger partial charge >= 0.3 is 0 Å². The van der Waals surface area contributed by atoms with Crippen molar-refractivity contribution in [1.82, 2.24) is 14.7 Å². The Kier molecular flexibility index (Phi) is 4.67. The van der Waals surface area contributed by atoms with Gasteiger partial charge in [0.05, 0.1) is 16.8 Å². The molecule has 1 aromatic carbocycles. The monoisotopic (exact) mass is 347 g/mol. The summed E-state index contributed by atoms with van der Waals surface area (Å²) >= 11 is 0. The fraction of sp³-hybridized carbons (Fsp3) is 0.158. The number of nitrogens with zero attached hydrogens (tertiary/aromatic N) is 3. The number of hydrogen-bond acceptors (Lipinski definition) is 4. The molecule has 2 amide bonds. The molecule has 130 valence electrons. The summed E-state index contributed by atoms with van der Waals surface area (Å²) in [4.78, 5) is 29.4. The van der Waals surface area contributed by atoms with Crippen LogP contribution in [0.5, 0.6) is 0 Å². The maximum Gasteiger partial charge on any atom is 0.287 e. The van der Waals surface area contributed by atoms with E-state index in [1.165, 1.54) is 0 Å². The highest BCUT2D eigenvalue weighted by Gasteiger charge is 2.22. The second-order valence-corrected chi connectivity index (χ2v) is 5.98. The van der Waals surface area contributed by atoms with E-state index in [9.17, 15) is 9.59 Å². The van der Waals surface area contributed by atoms with Gasteiger partial charge in [0.25, 0.3) is 11.8 Å². The van der Waals surface area contributed by atoms with Gasteiger partial charge in [0, 0.05) is 12.2 Å². The lowest BCUT2D eigenvalue weighted by Gasteiger charge is -2.06. The first-order valence-electron chi connectivity index (χ1n) is 8.09. The Labute approximate surface area is 150 Å². The second kappa shape index (κ2) is 7.07. The first kappa shape index (κ1) is 17.2. The fourth-order valence-electron chi connectivity index (χ4n) is 2.56. The van der Waals surface area contributed by atoms with Gasteiger partial charge in [-0.1, -0.05) is 18.2 Å². The van der Waals surface area contributed by atoms with Gasteiger partial charge in [-0.25, -0.2) is 4.98 Å². The lowest BCUT2D eigenvalue weighted by molar-refractivity contribution is 0.0932.